The number of hydrogen-bond acceptors (Lipinski definition) is 6. The smallest absolute Gasteiger partial charge is 0.124 e. The van der Waals surface area contributed by atoms with Crippen molar-refractivity contribution in [3.05, 3.63) is 215 Å². The number of fused-ring (bicyclic) bond motifs is 11. The number of rotatable bonds is 4. The second-order valence-electron chi connectivity index (χ2n) is 20.6. The van der Waals surface area contributed by atoms with Gasteiger partial charge in [0.25, 0.3) is 0 Å². The second-order valence-corrected chi connectivity index (χ2v) is 22.7. The fourth-order valence-corrected chi connectivity index (χ4v) is 14.0. The minimum Gasteiger partial charge on any atom is -0.310 e. The van der Waals surface area contributed by atoms with E-state index in [0.717, 1.165) is 32.2 Å². The lowest BCUT2D eigenvalue weighted by Crippen LogP contribution is -2.31. The van der Waals surface area contributed by atoms with Gasteiger partial charge in [-0.05, 0) is 141 Å². The molecule has 0 radical (unpaired) electrons. The molecule has 11 aromatic rings. The van der Waals surface area contributed by atoms with Crippen LogP contribution in [0.4, 0.5) is 34.1 Å². The molecule has 2 aromatic heterocycles. The monoisotopic (exact) mass is 924 g/mol. The van der Waals surface area contributed by atoms with Gasteiger partial charge >= 0.3 is 0 Å². The van der Waals surface area contributed by atoms with Crippen molar-refractivity contribution in [2.45, 2.75) is 57.8 Å². The number of benzene rings is 9. The van der Waals surface area contributed by atoms with E-state index in [4.69, 9.17) is 9.97 Å². The normalized spacial score (nSPS) is 15.7. The van der Waals surface area contributed by atoms with Crippen molar-refractivity contribution in [1.29, 1.82) is 0 Å². The zero-order valence-corrected chi connectivity index (χ0v) is 41.1. The molecule has 69 heavy (non-hydrogen) atoms. The maximum absolute atomic E-state index is 5.10. The SMILES string of the molecule is CC1(C)c2ccccc2N(c2ccc3c(c2)C(C)(C)c2cc(N4c5ccccc5C(C)(C)c5cc(-c6nc7ccccc7s6)ccc54)c4ccccc4c2-3)c2ccc(-c3nc4ccccc4s3)cc21. The minimum atomic E-state index is -0.304. The van der Waals surface area contributed by atoms with Gasteiger partial charge in [0.2, 0.25) is 0 Å². The van der Waals surface area contributed by atoms with E-state index in [-0.39, 0.29) is 16.2 Å². The van der Waals surface area contributed by atoms with E-state index >= 15 is 0 Å². The zero-order valence-electron chi connectivity index (χ0n) is 39.4. The van der Waals surface area contributed by atoms with Gasteiger partial charge in [-0.3, -0.25) is 0 Å². The van der Waals surface area contributed by atoms with Crippen molar-refractivity contribution >= 4 is 88.0 Å². The quantitative estimate of drug-likeness (QED) is 0.176. The first-order valence-electron chi connectivity index (χ1n) is 24.0. The summed E-state index contributed by atoms with van der Waals surface area (Å²) in [6.07, 6.45) is 0. The summed E-state index contributed by atoms with van der Waals surface area (Å²) in [5, 5.41) is 4.62. The summed E-state index contributed by atoms with van der Waals surface area (Å²) in [5.74, 6) is 0. The van der Waals surface area contributed by atoms with Gasteiger partial charge in [0, 0.05) is 38.4 Å². The van der Waals surface area contributed by atoms with Crippen molar-refractivity contribution in [1.82, 2.24) is 9.97 Å². The molecule has 4 heterocycles. The molecule has 0 N–H and O–H groups in total. The van der Waals surface area contributed by atoms with Crippen LogP contribution < -0.4 is 9.80 Å². The summed E-state index contributed by atoms with van der Waals surface area (Å²) < 4.78 is 2.42. The molecule has 4 nitrogen and oxygen atoms in total. The minimum absolute atomic E-state index is 0.228. The van der Waals surface area contributed by atoms with Crippen molar-refractivity contribution in [3.8, 4) is 32.3 Å². The molecule has 0 amide bonds. The number of hydrogen-bond donors (Lipinski definition) is 0. The van der Waals surface area contributed by atoms with Gasteiger partial charge in [-0.15, -0.1) is 22.7 Å². The molecule has 0 saturated heterocycles. The van der Waals surface area contributed by atoms with Gasteiger partial charge in [0.05, 0.1) is 48.9 Å². The number of thiazole rings is 2. The van der Waals surface area contributed by atoms with Crippen LogP contribution in [0.1, 0.15) is 74.9 Å². The maximum atomic E-state index is 5.10. The molecule has 332 valence electrons. The zero-order chi connectivity index (χ0) is 46.6. The summed E-state index contributed by atoms with van der Waals surface area (Å²) in [6, 6.07) is 67.8. The van der Waals surface area contributed by atoms with Gasteiger partial charge in [0.15, 0.2) is 0 Å². The summed E-state index contributed by atoms with van der Waals surface area (Å²) in [7, 11) is 0. The van der Waals surface area contributed by atoms with E-state index in [1.165, 1.54) is 98.8 Å². The molecule has 9 aromatic carbocycles. The highest BCUT2D eigenvalue weighted by molar-refractivity contribution is 7.22. The molecule has 1 aliphatic carbocycles. The first kappa shape index (κ1) is 40.7. The maximum Gasteiger partial charge on any atom is 0.124 e. The fraction of sp³-hybridized carbons (Fsp3) is 0.143. The van der Waals surface area contributed by atoms with Crippen LogP contribution in [-0.2, 0) is 16.2 Å². The summed E-state index contributed by atoms with van der Waals surface area (Å²) in [4.78, 5) is 15.2. The third-order valence-electron chi connectivity index (χ3n) is 15.7. The molecule has 14 rings (SSSR count). The van der Waals surface area contributed by atoms with Crippen molar-refractivity contribution in [2.24, 2.45) is 0 Å². The molecule has 6 heteroatoms. The van der Waals surface area contributed by atoms with Crippen LogP contribution in [0, 0.1) is 0 Å². The summed E-state index contributed by atoms with van der Waals surface area (Å²) in [6.45, 7) is 14.4. The molecule has 0 atom stereocenters. The number of para-hydroxylation sites is 4. The first-order chi connectivity index (χ1) is 33.5. The van der Waals surface area contributed by atoms with Crippen LogP contribution in [0.2, 0.25) is 0 Å². The number of nitrogens with zero attached hydrogens (tertiary/aromatic N) is 4. The summed E-state index contributed by atoms with van der Waals surface area (Å²) >= 11 is 3.53. The van der Waals surface area contributed by atoms with Crippen LogP contribution in [0.5, 0.6) is 0 Å². The Morgan fingerprint density at radius 2 is 0.841 bits per heavy atom. The highest BCUT2D eigenvalue weighted by atomic mass is 32.1. The molecule has 0 saturated carbocycles. The number of aromatic nitrogens is 2. The van der Waals surface area contributed by atoms with E-state index in [1.54, 1.807) is 22.7 Å². The van der Waals surface area contributed by atoms with E-state index in [1.807, 2.05) is 0 Å². The van der Waals surface area contributed by atoms with Gasteiger partial charge < -0.3 is 9.80 Å². The predicted octanol–water partition coefficient (Wildman–Crippen LogP) is 17.9. The molecular formula is C63H48N4S2. The largest absolute Gasteiger partial charge is 0.310 e. The lowest BCUT2D eigenvalue weighted by molar-refractivity contribution is 0.631. The molecular weight excluding hydrogens is 877 g/mol. The van der Waals surface area contributed by atoms with Crippen molar-refractivity contribution in [2.75, 3.05) is 9.80 Å². The van der Waals surface area contributed by atoms with Crippen LogP contribution >= 0.6 is 22.7 Å². The van der Waals surface area contributed by atoms with Crippen molar-refractivity contribution < 1.29 is 0 Å². The Balaban J connectivity index is 0.926. The molecule has 0 spiro atoms. The van der Waals surface area contributed by atoms with Crippen LogP contribution in [0.25, 0.3) is 63.5 Å². The van der Waals surface area contributed by atoms with Gasteiger partial charge in [-0.1, -0.05) is 133 Å². The predicted molar refractivity (Wildman–Crippen MR) is 292 cm³/mol. The lowest BCUT2D eigenvalue weighted by atomic mass is 9.73. The van der Waals surface area contributed by atoms with Crippen LogP contribution in [0.15, 0.2) is 182 Å². The van der Waals surface area contributed by atoms with Crippen LogP contribution in [0.3, 0.4) is 0 Å². The third kappa shape index (κ3) is 5.73. The Morgan fingerprint density at radius 1 is 0.362 bits per heavy atom. The lowest BCUT2D eigenvalue weighted by Gasteiger charge is -2.43. The molecule has 2 aliphatic heterocycles. The standard InChI is InChI=1S/C63H48N4S2/c1-61(2)43-19-9-13-23-51(43)66(53-31-27-37(33-46(53)61)59-64-49-21-11-15-25-56(49)68-59)39-29-30-42-45(35-39)63(5,6)48-36-55(40-17-7-8-18-41(40)58(42)48)67-52-24-14-10-20-44(52)62(3,4)47-34-38(28-32-54(47)67)60-65-50-22-12-16-26-57(50)69-60/h7-36H,1-6H3. The van der Waals surface area contributed by atoms with Crippen LogP contribution in [-0.4, -0.2) is 9.97 Å². The summed E-state index contributed by atoms with van der Waals surface area (Å²) in [5.41, 5.74) is 21.4. The highest BCUT2D eigenvalue weighted by Crippen LogP contribution is 2.60. The van der Waals surface area contributed by atoms with E-state index in [0.29, 0.717) is 0 Å². The van der Waals surface area contributed by atoms with E-state index < -0.39 is 0 Å². The topological polar surface area (TPSA) is 32.3 Å². The molecule has 0 bridgehead atoms. The second kappa shape index (κ2) is 14.3. The molecule has 0 unspecified atom stereocenters. The average Bonchev–Trinajstić information content (AvgIpc) is 4.07. The number of anilines is 6. The Hall–Kier alpha value is -7.38. The first-order valence-corrected chi connectivity index (χ1v) is 25.6. The van der Waals surface area contributed by atoms with E-state index in [2.05, 4.69) is 233 Å². The third-order valence-corrected chi connectivity index (χ3v) is 17.9. The Bertz CT molecular complexity index is 3910. The van der Waals surface area contributed by atoms with Gasteiger partial charge in [-0.2, -0.15) is 0 Å². The molecule has 3 aliphatic rings. The van der Waals surface area contributed by atoms with Gasteiger partial charge in [0.1, 0.15) is 10.0 Å². The Morgan fingerprint density at radius 3 is 1.43 bits per heavy atom. The highest BCUT2D eigenvalue weighted by Gasteiger charge is 2.43. The van der Waals surface area contributed by atoms with Crippen molar-refractivity contribution in [3.63, 3.8) is 0 Å². The Kier molecular flexibility index (Phi) is 8.45. The average molecular weight is 925 g/mol. The molecule has 0 fully saturated rings. The van der Waals surface area contributed by atoms with Gasteiger partial charge in [-0.25, -0.2) is 9.97 Å². The fourth-order valence-electron chi connectivity index (χ4n) is 12.1. The van der Waals surface area contributed by atoms with E-state index in [9.17, 15) is 0 Å². The Labute approximate surface area is 410 Å².